The normalized spacial score (nSPS) is 16.9. The minimum absolute atomic E-state index is 0.293. The first-order valence-electron chi connectivity index (χ1n) is 7.45. The molecule has 1 atom stereocenters. The molecule has 0 bridgehead atoms. The zero-order valence-corrected chi connectivity index (χ0v) is 13.3. The highest BCUT2D eigenvalue weighted by Crippen LogP contribution is 2.37. The minimum Gasteiger partial charge on any atom is -0.493 e. The SMILES string of the molecule is CC[C@@H](C(=O)Oc1c(OC)cccc1OC)N1CCOCC1. The molecule has 1 aliphatic heterocycles. The van der Waals surface area contributed by atoms with E-state index >= 15 is 0 Å². The van der Waals surface area contributed by atoms with Crippen molar-refractivity contribution in [2.24, 2.45) is 0 Å². The second-order valence-corrected chi connectivity index (χ2v) is 4.99. The van der Waals surface area contributed by atoms with Crippen molar-refractivity contribution in [2.75, 3.05) is 40.5 Å². The Morgan fingerprint density at radius 3 is 2.32 bits per heavy atom. The van der Waals surface area contributed by atoms with Crippen LogP contribution < -0.4 is 14.2 Å². The van der Waals surface area contributed by atoms with Crippen LogP contribution in [0.25, 0.3) is 0 Å². The van der Waals surface area contributed by atoms with Gasteiger partial charge in [0, 0.05) is 13.1 Å². The van der Waals surface area contributed by atoms with E-state index in [4.69, 9.17) is 18.9 Å². The summed E-state index contributed by atoms with van der Waals surface area (Å²) in [6.45, 7) is 4.72. The summed E-state index contributed by atoms with van der Waals surface area (Å²) < 4.78 is 21.4. The highest BCUT2D eigenvalue weighted by Gasteiger charge is 2.29. The third kappa shape index (κ3) is 3.69. The van der Waals surface area contributed by atoms with Crippen LogP contribution in [0.5, 0.6) is 17.2 Å². The summed E-state index contributed by atoms with van der Waals surface area (Å²) in [7, 11) is 3.07. The van der Waals surface area contributed by atoms with E-state index in [-0.39, 0.29) is 12.0 Å². The predicted octanol–water partition coefficient (Wildman–Crippen LogP) is 1.72. The number of morpholine rings is 1. The number of para-hydroxylation sites is 1. The van der Waals surface area contributed by atoms with Gasteiger partial charge in [0.15, 0.2) is 11.5 Å². The zero-order chi connectivity index (χ0) is 15.9. The number of nitrogens with zero attached hydrogens (tertiary/aromatic N) is 1. The Kier molecular flexibility index (Phi) is 6.03. The first kappa shape index (κ1) is 16.6. The van der Waals surface area contributed by atoms with Gasteiger partial charge in [-0.15, -0.1) is 0 Å². The first-order valence-corrected chi connectivity index (χ1v) is 7.45. The van der Waals surface area contributed by atoms with Crippen molar-refractivity contribution in [3.05, 3.63) is 18.2 Å². The van der Waals surface area contributed by atoms with E-state index in [1.54, 1.807) is 18.2 Å². The lowest BCUT2D eigenvalue weighted by molar-refractivity contribution is -0.142. The molecule has 0 radical (unpaired) electrons. The van der Waals surface area contributed by atoms with Crippen molar-refractivity contribution in [1.82, 2.24) is 4.90 Å². The maximum Gasteiger partial charge on any atom is 0.329 e. The van der Waals surface area contributed by atoms with Crippen molar-refractivity contribution < 1.29 is 23.7 Å². The Morgan fingerprint density at radius 2 is 1.82 bits per heavy atom. The Hall–Kier alpha value is -1.79. The summed E-state index contributed by atoms with van der Waals surface area (Å²) in [5, 5.41) is 0. The predicted molar refractivity (Wildman–Crippen MR) is 81.7 cm³/mol. The molecule has 1 saturated heterocycles. The number of carbonyl (C=O) groups excluding carboxylic acids is 1. The Bertz CT molecular complexity index is 477. The molecule has 0 aromatic heterocycles. The lowest BCUT2D eigenvalue weighted by Crippen LogP contribution is -2.48. The van der Waals surface area contributed by atoms with E-state index < -0.39 is 0 Å². The second-order valence-electron chi connectivity index (χ2n) is 4.99. The van der Waals surface area contributed by atoms with Gasteiger partial charge >= 0.3 is 5.97 Å². The van der Waals surface area contributed by atoms with Gasteiger partial charge in [0.1, 0.15) is 6.04 Å². The molecule has 0 amide bonds. The molecule has 0 N–H and O–H groups in total. The number of rotatable bonds is 6. The van der Waals surface area contributed by atoms with Gasteiger partial charge in [-0.2, -0.15) is 0 Å². The van der Waals surface area contributed by atoms with Crippen molar-refractivity contribution >= 4 is 5.97 Å². The van der Waals surface area contributed by atoms with Gasteiger partial charge in [0.2, 0.25) is 5.75 Å². The van der Waals surface area contributed by atoms with E-state index in [0.29, 0.717) is 36.9 Å². The standard InChI is InChI=1S/C16H23NO5/c1-4-12(17-8-10-21-11-9-17)16(18)22-15-13(19-2)6-5-7-14(15)20-3/h5-7,12H,4,8-11H2,1-3H3/t12-/m0/s1. The molecule has 122 valence electrons. The number of ether oxygens (including phenoxy) is 4. The Balaban J connectivity index is 2.16. The Morgan fingerprint density at radius 1 is 1.23 bits per heavy atom. The van der Waals surface area contributed by atoms with Gasteiger partial charge in [-0.25, -0.2) is 4.79 Å². The molecule has 0 saturated carbocycles. The van der Waals surface area contributed by atoms with E-state index in [1.165, 1.54) is 14.2 Å². The van der Waals surface area contributed by atoms with Crippen LogP contribution in [-0.4, -0.2) is 57.4 Å². The van der Waals surface area contributed by atoms with Crippen LogP contribution in [0.15, 0.2) is 18.2 Å². The first-order chi connectivity index (χ1) is 10.7. The lowest BCUT2D eigenvalue weighted by atomic mass is 10.2. The minimum atomic E-state index is -0.299. The number of esters is 1. The molecule has 1 heterocycles. The van der Waals surface area contributed by atoms with Crippen LogP contribution in [-0.2, 0) is 9.53 Å². The molecule has 1 fully saturated rings. The highest BCUT2D eigenvalue weighted by molar-refractivity contribution is 5.79. The van der Waals surface area contributed by atoms with Crippen molar-refractivity contribution in [2.45, 2.75) is 19.4 Å². The summed E-state index contributed by atoms with van der Waals surface area (Å²) in [6, 6.07) is 4.97. The second kappa shape index (κ2) is 8.00. The maximum absolute atomic E-state index is 12.6. The molecule has 1 aliphatic rings. The van der Waals surface area contributed by atoms with Crippen LogP contribution in [0, 0.1) is 0 Å². The van der Waals surface area contributed by atoms with Gasteiger partial charge in [0.25, 0.3) is 0 Å². The fourth-order valence-electron chi connectivity index (χ4n) is 2.55. The summed E-state index contributed by atoms with van der Waals surface area (Å²) in [5.74, 6) is 0.977. The fourth-order valence-corrected chi connectivity index (χ4v) is 2.55. The summed E-state index contributed by atoms with van der Waals surface area (Å²) in [5.41, 5.74) is 0. The smallest absolute Gasteiger partial charge is 0.329 e. The average Bonchev–Trinajstić information content (AvgIpc) is 2.56. The van der Waals surface area contributed by atoms with Crippen molar-refractivity contribution in [1.29, 1.82) is 0 Å². The third-order valence-corrected chi connectivity index (χ3v) is 3.73. The fraction of sp³-hybridized carbons (Fsp3) is 0.562. The monoisotopic (exact) mass is 309 g/mol. The van der Waals surface area contributed by atoms with Crippen molar-refractivity contribution in [3.63, 3.8) is 0 Å². The zero-order valence-electron chi connectivity index (χ0n) is 13.3. The highest BCUT2D eigenvalue weighted by atomic mass is 16.6. The summed E-state index contributed by atoms with van der Waals surface area (Å²) >= 11 is 0. The molecular formula is C16H23NO5. The lowest BCUT2D eigenvalue weighted by Gasteiger charge is -2.32. The Labute approximate surface area is 130 Å². The van der Waals surface area contributed by atoms with Gasteiger partial charge in [-0.05, 0) is 18.6 Å². The molecule has 6 nitrogen and oxygen atoms in total. The molecule has 1 aromatic carbocycles. The number of methoxy groups -OCH3 is 2. The third-order valence-electron chi connectivity index (χ3n) is 3.73. The molecule has 1 aromatic rings. The van der Waals surface area contributed by atoms with Crippen LogP contribution in [0.1, 0.15) is 13.3 Å². The van der Waals surface area contributed by atoms with Gasteiger partial charge in [-0.1, -0.05) is 13.0 Å². The summed E-state index contributed by atoms with van der Waals surface area (Å²) in [6.07, 6.45) is 0.677. The van der Waals surface area contributed by atoms with Crippen LogP contribution in [0.2, 0.25) is 0 Å². The molecule has 0 spiro atoms. The van der Waals surface area contributed by atoms with Gasteiger partial charge < -0.3 is 18.9 Å². The number of carbonyl (C=O) groups is 1. The number of hydrogen-bond acceptors (Lipinski definition) is 6. The quantitative estimate of drug-likeness (QED) is 0.589. The number of benzene rings is 1. The van der Waals surface area contributed by atoms with Gasteiger partial charge in [0.05, 0.1) is 27.4 Å². The summed E-state index contributed by atoms with van der Waals surface area (Å²) in [4.78, 5) is 14.7. The van der Waals surface area contributed by atoms with E-state index in [9.17, 15) is 4.79 Å². The largest absolute Gasteiger partial charge is 0.493 e. The molecule has 22 heavy (non-hydrogen) atoms. The van der Waals surface area contributed by atoms with Crippen LogP contribution >= 0.6 is 0 Å². The topological polar surface area (TPSA) is 57.2 Å². The van der Waals surface area contributed by atoms with Crippen molar-refractivity contribution in [3.8, 4) is 17.2 Å². The van der Waals surface area contributed by atoms with E-state index in [1.807, 2.05) is 6.92 Å². The molecule has 2 rings (SSSR count). The molecule has 0 unspecified atom stereocenters. The average molecular weight is 309 g/mol. The number of hydrogen-bond donors (Lipinski definition) is 0. The van der Waals surface area contributed by atoms with E-state index in [2.05, 4.69) is 4.90 Å². The van der Waals surface area contributed by atoms with Gasteiger partial charge in [-0.3, -0.25) is 4.90 Å². The van der Waals surface area contributed by atoms with Crippen LogP contribution in [0.3, 0.4) is 0 Å². The van der Waals surface area contributed by atoms with Crippen LogP contribution in [0.4, 0.5) is 0 Å². The molecule has 6 heteroatoms. The molecular weight excluding hydrogens is 286 g/mol. The van der Waals surface area contributed by atoms with E-state index in [0.717, 1.165) is 13.1 Å². The maximum atomic E-state index is 12.6. The molecule has 0 aliphatic carbocycles.